The fourth-order valence-electron chi connectivity index (χ4n) is 0.907. The molecule has 0 N–H and O–H groups in total. The first kappa shape index (κ1) is 8.60. The molecule has 0 amide bonds. The number of aromatic nitrogens is 2. The molecular formula is C8H13ClN2. The van der Waals surface area contributed by atoms with Crippen LogP contribution in [0.5, 0.6) is 0 Å². The van der Waals surface area contributed by atoms with Crippen molar-refractivity contribution in [2.45, 2.75) is 32.7 Å². The molecule has 0 aliphatic heterocycles. The first-order chi connectivity index (χ1) is 5.08. The van der Waals surface area contributed by atoms with Gasteiger partial charge in [0.2, 0.25) is 5.28 Å². The van der Waals surface area contributed by atoms with Crippen LogP contribution in [0.2, 0.25) is 5.28 Å². The van der Waals surface area contributed by atoms with E-state index in [1.54, 1.807) is 6.20 Å². The van der Waals surface area contributed by atoms with E-state index in [-0.39, 0.29) is 5.54 Å². The van der Waals surface area contributed by atoms with Gasteiger partial charge < -0.3 is 4.57 Å². The smallest absolute Gasteiger partial charge is 0.203 e. The molecular weight excluding hydrogens is 160 g/mol. The number of rotatable bonds is 2. The van der Waals surface area contributed by atoms with Gasteiger partial charge in [-0.05, 0) is 31.9 Å². The lowest BCUT2D eigenvalue weighted by molar-refractivity contribution is 0.342. The average Bonchev–Trinajstić information content (AvgIpc) is 2.36. The fraction of sp³-hybridized carbons (Fsp3) is 0.625. The monoisotopic (exact) mass is 172 g/mol. The van der Waals surface area contributed by atoms with E-state index in [0.29, 0.717) is 5.28 Å². The molecule has 11 heavy (non-hydrogen) atoms. The molecule has 0 spiro atoms. The second-order valence-electron chi connectivity index (χ2n) is 3.23. The van der Waals surface area contributed by atoms with Crippen molar-refractivity contribution in [3.05, 3.63) is 17.7 Å². The second-order valence-corrected chi connectivity index (χ2v) is 3.57. The Bertz CT molecular complexity index is 240. The third-order valence-electron chi connectivity index (χ3n) is 2.11. The van der Waals surface area contributed by atoms with E-state index in [9.17, 15) is 0 Å². The van der Waals surface area contributed by atoms with Gasteiger partial charge in [0.25, 0.3) is 0 Å². The third kappa shape index (κ3) is 1.56. The molecule has 0 fully saturated rings. The lowest BCUT2D eigenvalue weighted by Crippen LogP contribution is -2.24. The molecule has 0 aliphatic carbocycles. The molecule has 0 saturated carbocycles. The predicted molar refractivity (Wildman–Crippen MR) is 46.9 cm³/mol. The van der Waals surface area contributed by atoms with Crippen LogP contribution in [0.25, 0.3) is 0 Å². The molecule has 1 heterocycles. The minimum Gasteiger partial charge on any atom is -0.316 e. The third-order valence-corrected chi connectivity index (χ3v) is 2.39. The summed E-state index contributed by atoms with van der Waals surface area (Å²) in [6.07, 6.45) is 4.68. The van der Waals surface area contributed by atoms with Crippen LogP contribution in [0, 0.1) is 0 Å². The van der Waals surface area contributed by atoms with E-state index in [1.807, 2.05) is 10.8 Å². The van der Waals surface area contributed by atoms with Crippen molar-refractivity contribution in [2.75, 3.05) is 0 Å². The van der Waals surface area contributed by atoms with Gasteiger partial charge in [0, 0.05) is 17.9 Å². The molecule has 0 aromatic carbocycles. The number of hydrogen-bond donors (Lipinski definition) is 0. The molecule has 0 unspecified atom stereocenters. The van der Waals surface area contributed by atoms with E-state index >= 15 is 0 Å². The maximum Gasteiger partial charge on any atom is 0.203 e. The standard InChI is InChI=1S/C8H13ClN2/c1-4-8(2,3)11-6-5-10-7(11)9/h5-6H,4H2,1-3H3. The van der Waals surface area contributed by atoms with Gasteiger partial charge in [0.1, 0.15) is 0 Å². The summed E-state index contributed by atoms with van der Waals surface area (Å²) in [6, 6.07) is 0. The lowest BCUT2D eigenvalue weighted by Gasteiger charge is -2.25. The topological polar surface area (TPSA) is 17.8 Å². The van der Waals surface area contributed by atoms with Crippen LogP contribution in [0.1, 0.15) is 27.2 Å². The summed E-state index contributed by atoms with van der Waals surface area (Å²) < 4.78 is 1.98. The van der Waals surface area contributed by atoms with Gasteiger partial charge >= 0.3 is 0 Å². The number of hydrogen-bond acceptors (Lipinski definition) is 1. The van der Waals surface area contributed by atoms with Crippen molar-refractivity contribution < 1.29 is 0 Å². The van der Waals surface area contributed by atoms with Crippen LogP contribution >= 0.6 is 11.6 Å². The predicted octanol–water partition coefficient (Wildman–Crippen LogP) is 2.68. The Hall–Kier alpha value is -0.500. The summed E-state index contributed by atoms with van der Waals surface area (Å²) in [4.78, 5) is 3.96. The Morgan fingerprint density at radius 3 is 2.64 bits per heavy atom. The molecule has 0 saturated heterocycles. The Kier molecular flexibility index (Phi) is 2.23. The van der Waals surface area contributed by atoms with E-state index in [4.69, 9.17) is 11.6 Å². The van der Waals surface area contributed by atoms with Crippen molar-refractivity contribution in [1.29, 1.82) is 0 Å². The van der Waals surface area contributed by atoms with Crippen LogP contribution in [-0.2, 0) is 5.54 Å². The van der Waals surface area contributed by atoms with Gasteiger partial charge in [-0.15, -0.1) is 0 Å². The number of imidazole rings is 1. The summed E-state index contributed by atoms with van der Waals surface area (Å²) in [5, 5.41) is 0.567. The highest BCUT2D eigenvalue weighted by Crippen LogP contribution is 2.22. The quantitative estimate of drug-likeness (QED) is 0.671. The van der Waals surface area contributed by atoms with Crippen molar-refractivity contribution in [3.63, 3.8) is 0 Å². The van der Waals surface area contributed by atoms with Gasteiger partial charge in [0.15, 0.2) is 0 Å². The van der Waals surface area contributed by atoms with Crippen molar-refractivity contribution >= 4 is 11.6 Å². The molecule has 0 bridgehead atoms. The summed E-state index contributed by atoms with van der Waals surface area (Å²) in [5.74, 6) is 0. The average molecular weight is 173 g/mol. The molecule has 1 rings (SSSR count). The minimum absolute atomic E-state index is 0.0770. The van der Waals surface area contributed by atoms with Gasteiger partial charge in [-0.25, -0.2) is 4.98 Å². The summed E-state index contributed by atoms with van der Waals surface area (Å²) in [7, 11) is 0. The number of nitrogens with zero attached hydrogens (tertiary/aromatic N) is 2. The van der Waals surface area contributed by atoms with Gasteiger partial charge in [0.05, 0.1) is 0 Å². The van der Waals surface area contributed by atoms with E-state index in [2.05, 4.69) is 25.8 Å². The molecule has 1 aromatic heterocycles. The van der Waals surface area contributed by atoms with Crippen molar-refractivity contribution in [3.8, 4) is 0 Å². The second kappa shape index (κ2) is 2.86. The molecule has 62 valence electrons. The zero-order chi connectivity index (χ0) is 8.48. The number of halogens is 1. The van der Waals surface area contributed by atoms with Crippen LogP contribution < -0.4 is 0 Å². The van der Waals surface area contributed by atoms with E-state index in [0.717, 1.165) is 6.42 Å². The fourth-order valence-corrected chi connectivity index (χ4v) is 1.25. The lowest BCUT2D eigenvalue weighted by atomic mass is 10.0. The summed E-state index contributed by atoms with van der Waals surface area (Å²) >= 11 is 5.85. The Balaban J connectivity index is 3.00. The van der Waals surface area contributed by atoms with Crippen LogP contribution in [0.15, 0.2) is 12.4 Å². The van der Waals surface area contributed by atoms with Gasteiger partial charge in [-0.1, -0.05) is 6.92 Å². The van der Waals surface area contributed by atoms with E-state index in [1.165, 1.54) is 0 Å². The molecule has 0 radical (unpaired) electrons. The first-order valence-electron chi connectivity index (χ1n) is 3.77. The highest BCUT2D eigenvalue weighted by Gasteiger charge is 2.18. The zero-order valence-electron chi connectivity index (χ0n) is 7.13. The summed E-state index contributed by atoms with van der Waals surface area (Å²) in [6.45, 7) is 6.41. The summed E-state index contributed by atoms with van der Waals surface area (Å²) in [5.41, 5.74) is 0.0770. The molecule has 1 aromatic rings. The van der Waals surface area contributed by atoms with Gasteiger partial charge in [-0.2, -0.15) is 0 Å². The Labute approximate surface area is 72.2 Å². The van der Waals surface area contributed by atoms with Crippen LogP contribution in [-0.4, -0.2) is 9.55 Å². The normalized spacial score (nSPS) is 12.0. The SMILES string of the molecule is CCC(C)(C)n1ccnc1Cl. The minimum atomic E-state index is 0.0770. The maximum atomic E-state index is 5.85. The Morgan fingerprint density at radius 1 is 1.64 bits per heavy atom. The zero-order valence-corrected chi connectivity index (χ0v) is 7.89. The Morgan fingerprint density at radius 2 is 2.27 bits per heavy atom. The first-order valence-corrected chi connectivity index (χ1v) is 4.15. The van der Waals surface area contributed by atoms with Crippen LogP contribution in [0.4, 0.5) is 0 Å². The highest BCUT2D eigenvalue weighted by molar-refractivity contribution is 6.28. The maximum absolute atomic E-state index is 5.85. The van der Waals surface area contributed by atoms with Crippen molar-refractivity contribution in [1.82, 2.24) is 9.55 Å². The molecule has 2 nitrogen and oxygen atoms in total. The van der Waals surface area contributed by atoms with Gasteiger partial charge in [-0.3, -0.25) is 0 Å². The van der Waals surface area contributed by atoms with Crippen LogP contribution in [0.3, 0.4) is 0 Å². The van der Waals surface area contributed by atoms with Crippen molar-refractivity contribution in [2.24, 2.45) is 0 Å². The molecule has 0 atom stereocenters. The molecule has 0 aliphatic rings. The largest absolute Gasteiger partial charge is 0.316 e. The molecule has 3 heteroatoms. The highest BCUT2D eigenvalue weighted by atomic mass is 35.5. The van der Waals surface area contributed by atoms with E-state index < -0.39 is 0 Å².